The summed E-state index contributed by atoms with van der Waals surface area (Å²) >= 11 is 0. The van der Waals surface area contributed by atoms with Gasteiger partial charge in [-0.15, -0.1) is 0 Å². The third-order valence-electron chi connectivity index (χ3n) is 4.42. The molecule has 23 heavy (non-hydrogen) atoms. The van der Waals surface area contributed by atoms with Gasteiger partial charge in [0, 0.05) is 44.9 Å². The van der Waals surface area contributed by atoms with Gasteiger partial charge in [-0.05, 0) is 27.7 Å². The summed E-state index contributed by atoms with van der Waals surface area (Å²) in [6, 6.07) is 0. The molecule has 2 heterocycles. The summed E-state index contributed by atoms with van der Waals surface area (Å²) in [5, 5.41) is 9.90. The average Bonchev–Trinajstić information content (AvgIpc) is 2.78. The number of carbonyl (C=O) groups is 1. The van der Waals surface area contributed by atoms with Crippen molar-refractivity contribution >= 4 is 5.91 Å². The third kappa shape index (κ3) is 4.34. The molecule has 1 atom stereocenters. The second kappa shape index (κ2) is 7.95. The minimum atomic E-state index is -0.474. The first-order chi connectivity index (χ1) is 10.9. The second-order valence-corrected chi connectivity index (χ2v) is 6.12. The van der Waals surface area contributed by atoms with Crippen molar-refractivity contribution in [1.82, 2.24) is 9.80 Å². The lowest BCUT2D eigenvalue weighted by Crippen LogP contribution is -2.51. The zero-order chi connectivity index (χ0) is 17.0. The summed E-state index contributed by atoms with van der Waals surface area (Å²) in [4.78, 5) is 16.7. The highest BCUT2D eigenvalue weighted by atomic mass is 16.5. The first kappa shape index (κ1) is 18.0. The van der Waals surface area contributed by atoms with E-state index < -0.39 is 6.10 Å². The van der Waals surface area contributed by atoms with Gasteiger partial charge < -0.3 is 19.2 Å². The molecule has 6 heteroatoms. The Kier molecular flexibility index (Phi) is 6.21. The zero-order valence-corrected chi connectivity index (χ0v) is 14.6. The molecule has 0 radical (unpaired) electrons. The van der Waals surface area contributed by atoms with Crippen LogP contribution in [0.1, 0.15) is 34.4 Å². The molecule has 1 aliphatic heterocycles. The minimum absolute atomic E-state index is 0.0476. The van der Waals surface area contributed by atoms with Gasteiger partial charge in [0.1, 0.15) is 11.5 Å². The van der Waals surface area contributed by atoms with Crippen molar-refractivity contribution in [3.63, 3.8) is 0 Å². The number of hydrogen-bond acceptors (Lipinski definition) is 5. The summed E-state index contributed by atoms with van der Waals surface area (Å²) in [6.07, 6.45) is -0.474. The molecule has 1 aromatic rings. The van der Waals surface area contributed by atoms with E-state index in [1.807, 2.05) is 32.6 Å². The highest BCUT2D eigenvalue weighted by molar-refractivity contribution is 5.97. The molecule has 1 N–H and O–H groups in total. The molecule has 1 saturated heterocycles. The number of ether oxygens (including phenoxy) is 1. The molecule has 0 aliphatic carbocycles. The van der Waals surface area contributed by atoms with Crippen LogP contribution in [0.4, 0.5) is 0 Å². The maximum Gasteiger partial charge on any atom is 0.257 e. The molecule has 130 valence electrons. The first-order valence-corrected chi connectivity index (χ1v) is 8.28. The molecule has 1 fully saturated rings. The molecule has 0 bridgehead atoms. The smallest absolute Gasteiger partial charge is 0.257 e. The molecule has 6 nitrogen and oxygen atoms in total. The number of carbonyl (C=O) groups excluding carboxylic acids is 1. The number of amides is 1. The largest absolute Gasteiger partial charge is 0.466 e. The van der Waals surface area contributed by atoms with Crippen LogP contribution >= 0.6 is 0 Å². The van der Waals surface area contributed by atoms with Gasteiger partial charge in [0.2, 0.25) is 0 Å². The van der Waals surface area contributed by atoms with Gasteiger partial charge in [-0.2, -0.15) is 0 Å². The summed E-state index contributed by atoms with van der Waals surface area (Å²) < 4.78 is 10.8. The quantitative estimate of drug-likeness (QED) is 0.856. The summed E-state index contributed by atoms with van der Waals surface area (Å²) in [7, 11) is 0. The standard InChI is InChI=1S/C17H28N2O4/c1-5-22-11-15(20)10-18-6-8-19(9-7-18)17(21)16-12(2)13(3)23-14(16)4/h15,20H,5-11H2,1-4H3. The van der Waals surface area contributed by atoms with Crippen LogP contribution in [0, 0.1) is 20.8 Å². The van der Waals surface area contributed by atoms with E-state index in [4.69, 9.17) is 9.15 Å². The Balaban J connectivity index is 1.88. The van der Waals surface area contributed by atoms with Crippen LogP contribution in [0.15, 0.2) is 4.42 Å². The molecule has 0 aromatic carbocycles. The van der Waals surface area contributed by atoms with Crippen LogP contribution in [0.2, 0.25) is 0 Å². The Hall–Kier alpha value is -1.37. The van der Waals surface area contributed by atoms with E-state index in [2.05, 4.69) is 4.90 Å². The molecule has 1 aromatic heterocycles. The lowest BCUT2D eigenvalue weighted by molar-refractivity contribution is 0.0111. The Morgan fingerprint density at radius 1 is 1.22 bits per heavy atom. The van der Waals surface area contributed by atoms with Crippen LogP contribution in [0.3, 0.4) is 0 Å². The Bertz CT molecular complexity index is 533. The average molecular weight is 324 g/mol. The molecule has 2 rings (SSSR count). The Labute approximate surface area is 138 Å². The number of piperazine rings is 1. The van der Waals surface area contributed by atoms with E-state index in [-0.39, 0.29) is 5.91 Å². The van der Waals surface area contributed by atoms with Gasteiger partial charge in [-0.25, -0.2) is 0 Å². The Morgan fingerprint density at radius 3 is 2.39 bits per heavy atom. The number of aliphatic hydroxyl groups excluding tert-OH is 1. The predicted molar refractivity (Wildman–Crippen MR) is 87.8 cm³/mol. The van der Waals surface area contributed by atoms with Crippen molar-refractivity contribution in [2.24, 2.45) is 0 Å². The van der Waals surface area contributed by atoms with E-state index in [9.17, 15) is 9.90 Å². The number of β-amino-alcohol motifs (C(OH)–C–C–N with tert-alkyl or cyclic N) is 1. The number of hydrogen-bond donors (Lipinski definition) is 1. The number of aliphatic hydroxyl groups is 1. The molecule has 0 saturated carbocycles. The van der Waals surface area contributed by atoms with Crippen LogP contribution < -0.4 is 0 Å². The van der Waals surface area contributed by atoms with Gasteiger partial charge in [0.05, 0.1) is 18.3 Å². The highest BCUT2D eigenvalue weighted by Crippen LogP contribution is 2.22. The number of rotatable bonds is 6. The van der Waals surface area contributed by atoms with Crippen molar-refractivity contribution in [1.29, 1.82) is 0 Å². The van der Waals surface area contributed by atoms with Gasteiger partial charge >= 0.3 is 0 Å². The normalized spacial score (nSPS) is 17.5. The molecular formula is C17H28N2O4. The van der Waals surface area contributed by atoms with E-state index in [1.165, 1.54) is 0 Å². The van der Waals surface area contributed by atoms with Crippen molar-refractivity contribution in [2.45, 2.75) is 33.8 Å². The highest BCUT2D eigenvalue weighted by Gasteiger charge is 2.27. The topological polar surface area (TPSA) is 66.2 Å². The zero-order valence-electron chi connectivity index (χ0n) is 14.6. The van der Waals surface area contributed by atoms with Crippen LogP contribution in [-0.4, -0.2) is 72.9 Å². The van der Waals surface area contributed by atoms with Crippen LogP contribution in [0.25, 0.3) is 0 Å². The lowest BCUT2D eigenvalue weighted by Gasteiger charge is -2.35. The van der Waals surface area contributed by atoms with Crippen molar-refractivity contribution in [3.05, 3.63) is 22.6 Å². The Morgan fingerprint density at radius 2 is 1.87 bits per heavy atom. The molecule has 1 aliphatic rings. The fourth-order valence-corrected chi connectivity index (χ4v) is 3.00. The van der Waals surface area contributed by atoms with Gasteiger partial charge in [-0.1, -0.05) is 0 Å². The number of nitrogens with zero attached hydrogens (tertiary/aromatic N) is 2. The van der Waals surface area contributed by atoms with Gasteiger partial charge in [-0.3, -0.25) is 9.69 Å². The third-order valence-corrected chi connectivity index (χ3v) is 4.42. The van der Waals surface area contributed by atoms with Crippen LogP contribution in [0.5, 0.6) is 0 Å². The maximum atomic E-state index is 12.7. The molecular weight excluding hydrogens is 296 g/mol. The second-order valence-electron chi connectivity index (χ2n) is 6.12. The van der Waals surface area contributed by atoms with E-state index in [0.717, 1.165) is 24.4 Å². The summed E-state index contributed by atoms with van der Waals surface area (Å²) in [6.45, 7) is 12.0. The fraction of sp³-hybridized carbons (Fsp3) is 0.706. The fourth-order valence-electron chi connectivity index (χ4n) is 3.00. The molecule has 1 unspecified atom stereocenters. The lowest BCUT2D eigenvalue weighted by atomic mass is 10.1. The maximum absolute atomic E-state index is 12.7. The molecule has 0 spiro atoms. The summed E-state index contributed by atoms with van der Waals surface area (Å²) in [5.41, 5.74) is 1.63. The van der Waals surface area contributed by atoms with E-state index in [0.29, 0.717) is 44.2 Å². The van der Waals surface area contributed by atoms with E-state index >= 15 is 0 Å². The predicted octanol–water partition coefficient (Wildman–Crippen LogP) is 1.36. The SMILES string of the molecule is CCOCC(O)CN1CCN(C(=O)c2c(C)oc(C)c2C)CC1. The monoisotopic (exact) mass is 324 g/mol. The van der Waals surface area contributed by atoms with Crippen LogP contribution in [-0.2, 0) is 4.74 Å². The number of furan rings is 1. The minimum Gasteiger partial charge on any atom is -0.466 e. The summed E-state index contributed by atoms with van der Waals surface area (Å²) in [5.74, 6) is 1.55. The molecule has 1 amide bonds. The van der Waals surface area contributed by atoms with Crippen molar-refractivity contribution in [3.8, 4) is 0 Å². The van der Waals surface area contributed by atoms with Crippen molar-refractivity contribution in [2.75, 3.05) is 45.9 Å². The van der Waals surface area contributed by atoms with Gasteiger partial charge in [0.25, 0.3) is 5.91 Å². The van der Waals surface area contributed by atoms with Gasteiger partial charge in [0.15, 0.2) is 0 Å². The number of aryl methyl sites for hydroxylation is 2. The van der Waals surface area contributed by atoms with E-state index in [1.54, 1.807) is 0 Å². The van der Waals surface area contributed by atoms with Crippen molar-refractivity contribution < 1.29 is 19.1 Å². The first-order valence-electron chi connectivity index (χ1n) is 8.28.